The zero-order chi connectivity index (χ0) is 18.9. The van der Waals surface area contributed by atoms with Gasteiger partial charge in [-0.05, 0) is 36.5 Å². The molecule has 7 heteroatoms. The molecule has 0 atom stereocenters. The predicted molar refractivity (Wildman–Crippen MR) is 106 cm³/mol. The third-order valence-corrected chi connectivity index (χ3v) is 4.84. The molecule has 0 aliphatic carbocycles. The van der Waals surface area contributed by atoms with E-state index in [0.717, 1.165) is 17.0 Å². The molecule has 0 aliphatic heterocycles. The second-order valence-electron chi connectivity index (χ2n) is 6.47. The molecule has 26 heavy (non-hydrogen) atoms. The first kappa shape index (κ1) is 20.4. The fourth-order valence-electron chi connectivity index (χ4n) is 2.28. The van der Waals surface area contributed by atoms with Crippen LogP contribution in [-0.4, -0.2) is 23.3 Å². The van der Waals surface area contributed by atoms with Crippen LogP contribution in [0.25, 0.3) is 0 Å². The van der Waals surface area contributed by atoms with Crippen molar-refractivity contribution < 1.29 is 9.59 Å². The third kappa shape index (κ3) is 7.14. The van der Waals surface area contributed by atoms with Crippen LogP contribution < -0.4 is 10.6 Å². The molecule has 1 aromatic heterocycles. The van der Waals surface area contributed by atoms with Gasteiger partial charge in [-0.1, -0.05) is 37.6 Å². The zero-order valence-electron chi connectivity index (χ0n) is 15.0. The van der Waals surface area contributed by atoms with Crippen molar-refractivity contribution in [3.05, 3.63) is 50.9 Å². The van der Waals surface area contributed by atoms with E-state index in [4.69, 9.17) is 11.6 Å². The fourth-order valence-corrected chi connectivity index (χ4v) is 3.21. The van der Waals surface area contributed by atoms with Crippen molar-refractivity contribution in [1.82, 2.24) is 15.6 Å². The molecule has 0 radical (unpaired) electrons. The van der Waals surface area contributed by atoms with Gasteiger partial charge in [-0.25, -0.2) is 4.98 Å². The Balaban J connectivity index is 1.74. The van der Waals surface area contributed by atoms with Crippen LogP contribution in [0.2, 0.25) is 5.02 Å². The number of benzene rings is 1. The van der Waals surface area contributed by atoms with E-state index < -0.39 is 0 Å². The first-order valence-corrected chi connectivity index (χ1v) is 9.93. The molecule has 0 bridgehead atoms. The number of hydrogen-bond donors (Lipinski definition) is 2. The highest BCUT2D eigenvalue weighted by Gasteiger charge is 2.11. The molecule has 0 unspecified atom stereocenters. The van der Waals surface area contributed by atoms with Gasteiger partial charge in [0.05, 0.1) is 6.54 Å². The van der Waals surface area contributed by atoms with Gasteiger partial charge in [0.25, 0.3) is 5.91 Å². The third-order valence-electron chi connectivity index (χ3n) is 3.76. The summed E-state index contributed by atoms with van der Waals surface area (Å²) < 4.78 is 0. The molecule has 0 fully saturated rings. The maximum atomic E-state index is 12.2. The van der Waals surface area contributed by atoms with E-state index in [1.165, 1.54) is 11.3 Å². The predicted octanol–water partition coefficient (Wildman–Crippen LogP) is 3.82. The van der Waals surface area contributed by atoms with Gasteiger partial charge in [0, 0.05) is 23.4 Å². The van der Waals surface area contributed by atoms with Crippen LogP contribution in [0.4, 0.5) is 0 Å². The van der Waals surface area contributed by atoms with E-state index >= 15 is 0 Å². The minimum Gasteiger partial charge on any atom is -0.350 e. The zero-order valence-corrected chi connectivity index (χ0v) is 16.6. The summed E-state index contributed by atoms with van der Waals surface area (Å²) in [4.78, 5) is 28.2. The minimum absolute atomic E-state index is 0.0152. The molecule has 1 aromatic carbocycles. The Labute approximate surface area is 163 Å². The molecule has 0 saturated heterocycles. The number of thiazole rings is 1. The summed E-state index contributed by atoms with van der Waals surface area (Å²) in [5, 5.41) is 8.82. The van der Waals surface area contributed by atoms with Crippen LogP contribution in [0.5, 0.6) is 0 Å². The number of nitrogens with one attached hydrogen (secondary N) is 2. The summed E-state index contributed by atoms with van der Waals surface area (Å²) in [6.07, 6.45) is 2.08. The molecular weight excluding hydrogens is 370 g/mol. The van der Waals surface area contributed by atoms with Crippen LogP contribution in [0.1, 0.15) is 47.7 Å². The topological polar surface area (TPSA) is 71.1 Å². The Morgan fingerprint density at radius 2 is 2.08 bits per heavy atom. The number of rotatable bonds is 9. The molecule has 0 spiro atoms. The number of nitrogens with zero attached hydrogens (tertiary/aromatic N) is 1. The smallest absolute Gasteiger partial charge is 0.270 e. The Morgan fingerprint density at radius 3 is 2.81 bits per heavy atom. The lowest BCUT2D eigenvalue weighted by molar-refractivity contribution is -0.121. The second kappa shape index (κ2) is 10.3. The number of carbonyl (C=O) groups is 2. The minimum atomic E-state index is -0.208. The summed E-state index contributed by atoms with van der Waals surface area (Å²) in [7, 11) is 0. The molecular formula is C19H24ClN3O2S. The summed E-state index contributed by atoms with van der Waals surface area (Å²) in [6, 6.07) is 7.57. The van der Waals surface area contributed by atoms with E-state index in [1.54, 1.807) is 5.38 Å². The van der Waals surface area contributed by atoms with Crippen LogP contribution in [0, 0.1) is 5.92 Å². The lowest BCUT2D eigenvalue weighted by Gasteiger charge is -2.05. The van der Waals surface area contributed by atoms with E-state index in [1.807, 2.05) is 24.3 Å². The van der Waals surface area contributed by atoms with Crippen molar-refractivity contribution in [1.29, 1.82) is 0 Å². The van der Waals surface area contributed by atoms with Gasteiger partial charge in [-0.3, -0.25) is 9.59 Å². The summed E-state index contributed by atoms with van der Waals surface area (Å²) >= 11 is 7.32. The van der Waals surface area contributed by atoms with E-state index in [2.05, 4.69) is 29.5 Å². The lowest BCUT2D eigenvalue weighted by Crippen LogP contribution is -2.26. The normalized spacial score (nSPS) is 10.8. The standard InChI is InChI=1S/C19H24ClN3O2S/c1-13(2)6-7-17(24)22-11-18-23-16(12-26-18)19(25)21-9-8-14-4-3-5-15(20)10-14/h3-5,10,12-13H,6-9,11H2,1-2H3,(H,21,25)(H,22,24). The number of halogens is 1. The number of amides is 2. The molecule has 0 aliphatic rings. The lowest BCUT2D eigenvalue weighted by atomic mass is 10.1. The van der Waals surface area contributed by atoms with Crippen molar-refractivity contribution in [3.63, 3.8) is 0 Å². The molecule has 0 saturated carbocycles. The Morgan fingerprint density at radius 1 is 1.27 bits per heavy atom. The molecule has 5 nitrogen and oxygen atoms in total. The monoisotopic (exact) mass is 393 g/mol. The van der Waals surface area contributed by atoms with Crippen LogP contribution in [0.15, 0.2) is 29.6 Å². The van der Waals surface area contributed by atoms with Crippen molar-refractivity contribution in [2.45, 2.75) is 39.7 Å². The molecule has 2 aromatic rings. The first-order valence-electron chi connectivity index (χ1n) is 8.68. The van der Waals surface area contributed by atoms with Gasteiger partial charge < -0.3 is 10.6 Å². The van der Waals surface area contributed by atoms with Crippen molar-refractivity contribution >= 4 is 34.8 Å². The number of carbonyl (C=O) groups excluding carboxylic acids is 2. The second-order valence-corrected chi connectivity index (χ2v) is 7.85. The quantitative estimate of drug-likeness (QED) is 0.680. The highest BCUT2D eigenvalue weighted by Crippen LogP contribution is 2.12. The van der Waals surface area contributed by atoms with Crippen molar-refractivity contribution in [2.75, 3.05) is 6.54 Å². The molecule has 2 amide bonds. The maximum Gasteiger partial charge on any atom is 0.270 e. The highest BCUT2D eigenvalue weighted by molar-refractivity contribution is 7.09. The number of aromatic nitrogens is 1. The van der Waals surface area contributed by atoms with Gasteiger partial charge >= 0.3 is 0 Å². The largest absolute Gasteiger partial charge is 0.350 e. The average Bonchev–Trinajstić information content (AvgIpc) is 3.07. The Kier molecular flexibility index (Phi) is 8.06. The number of hydrogen-bond acceptors (Lipinski definition) is 4. The van der Waals surface area contributed by atoms with Crippen LogP contribution >= 0.6 is 22.9 Å². The van der Waals surface area contributed by atoms with E-state index in [-0.39, 0.29) is 11.8 Å². The summed E-state index contributed by atoms with van der Waals surface area (Å²) in [5.41, 5.74) is 1.45. The summed E-state index contributed by atoms with van der Waals surface area (Å²) in [5.74, 6) is 0.310. The Bertz CT molecular complexity index is 746. The van der Waals surface area contributed by atoms with Crippen LogP contribution in [-0.2, 0) is 17.8 Å². The van der Waals surface area contributed by atoms with Gasteiger partial charge in [-0.15, -0.1) is 11.3 Å². The van der Waals surface area contributed by atoms with E-state index in [9.17, 15) is 9.59 Å². The van der Waals surface area contributed by atoms with Crippen molar-refractivity contribution in [2.24, 2.45) is 5.92 Å². The first-order chi connectivity index (χ1) is 12.4. The van der Waals surface area contributed by atoms with Crippen molar-refractivity contribution in [3.8, 4) is 0 Å². The van der Waals surface area contributed by atoms with E-state index in [0.29, 0.717) is 42.6 Å². The molecule has 2 rings (SSSR count). The molecule has 2 N–H and O–H groups in total. The van der Waals surface area contributed by atoms with Crippen LogP contribution in [0.3, 0.4) is 0 Å². The fraction of sp³-hybridized carbons (Fsp3) is 0.421. The Hall–Kier alpha value is -1.92. The molecule has 1 heterocycles. The van der Waals surface area contributed by atoms with Gasteiger partial charge in [-0.2, -0.15) is 0 Å². The summed E-state index contributed by atoms with van der Waals surface area (Å²) in [6.45, 7) is 5.05. The maximum absolute atomic E-state index is 12.2. The van der Waals surface area contributed by atoms with Gasteiger partial charge in [0.2, 0.25) is 5.91 Å². The SMILES string of the molecule is CC(C)CCC(=O)NCc1nc(C(=O)NCCc2cccc(Cl)c2)cs1. The van der Waals surface area contributed by atoms with Gasteiger partial charge in [0.1, 0.15) is 10.7 Å². The molecule has 140 valence electrons. The highest BCUT2D eigenvalue weighted by atomic mass is 35.5. The average molecular weight is 394 g/mol. The van der Waals surface area contributed by atoms with Gasteiger partial charge in [0.15, 0.2) is 0 Å².